The summed E-state index contributed by atoms with van der Waals surface area (Å²) in [7, 11) is 0. The number of benzene rings is 1. The lowest BCUT2D eigenvalue weighted by Gasteiger charge is -2.06. The van der Waals surface area contributed by atoms with Crippen LogP contribution >= 0.6 is 28.3 Å². The van der Waals surface area contributed by atoms with Gasteiger partial charge in [-0.25, -0.2) is 8.78 Å². The summed E-state index contributed by atoms with van der Waals surface area (Å²) in [6.45, 7) is 2.08. The van der Waals surface area contributed by atoms with Gasteiger partial charge in [-0.3, -0.25) is 5.41 Å². The van der Waals surface area contributed by atoms with E-state index in [4.69, 9.17) is 10.1 Å². The molecule has 0 radical (unpaired) electrons. The van der Waals surface area contributed by atoms with Crippen LogP contribution in [0.4, 0.5) is 8.78 Å². The maximum Gasteiger partial charge on any atom is 0.184 e. The highest BCUT2D eigenvalue weighted by molar-refractivity contribution is 9.10. The number of hydrogen-bond acceptors (Lipinski definition) is 2. The quantitative estimate of drug-likeness (QED) is 0.515. The van der Waals surface area contributed by atoms with Crippen LogP contribution in [0.15, 0.2) is 16.6 Å². The van der Waals surface area contributed by atoms with Crippen LogP contribution in [-0.2, 0) is 11.2 Å². The molecular weight excluding hydrogens is 303 g/mol. The molecular formula is C10H11BrClF2NO. The van der Waals surface area contributed by atoms with E-state index in [1.54, 1.807) is 6.92 Å². The lowest BCUT2D eigenvalue weighted by Crippen LogP contribution is -2.08. The van der Waals surface area contributed by atoms with Gasteiger partial charge in [0, 0.05) is 0 Å². The SMILES string of the molecule is CCOC(=N)Cc1cc(F)c(Br)cc1F.Cl. The number of rotatable bonds is 3. The van der Waals surface area contributed by atoms with Gasteiger partial charge in [0.25, 0.3) is 0 Å². The second-order valence-electron chi connectivity index (χ2n) is 2.89. The van der Waals surface area contributed by atoms with Crippen molar-refractivity contribution in [2.45, 2.75) is 13.3 Å². The first-order valence-corrected chi connectivity index (χ1v) is 5.17. The second-order valence-corrected chi connectivity index (χ2v) is 3.75. The summed E-state index contributed by atoms with van der Waals surface area (Å²) in [5, 5.41) is 7.32. The number of halogens is 4. The first-order chi connectivity index (χ1) is 7.04. The van der Waals surface area contributed by atoms with Crippen molar-refractivity contribution >= 4 is 34.2 Å². The van der Waals surface area contributed by atoms with Crippen molar-refractivity contribution in [3.8, 4) is 0 Å². The second kappa shape index (κ2) is 6.81. The summed E-state index contributed by atoms with van der Waals surface area (Å²) in [6.07, 6.45) is -0.0378. The number of ether oxygens (including phenoxy) is 1. The zero-order valence-electron chi connectivity index (χ0n) is 8.52. The van der Waals surface area contributed by atoms with Crippen LogP contribution in [-0.4, -0.2) is 12.5 Å². The molecule has 1 N–H and O–H groups in total. The number of nitrogens with one attached hydrogen (secondary N) is 1. The average Bonchev–Trinajstić information content (AvgIpc) is 2.14. The van der Waals surface area contributed by atoms with E-state index in [-0.39, 0.29) is 34.8 Å². The van der Waals surface area contributed by atoms with Crippen molar-refractivity contribution in [3.05, 3.63) is 33.8 Å². The van der Waals surface area contributed by atoms with Gasteiger partial charge in [-0.1, -0.05) is 0 Å². The average molecular weight is 315 g/mol. The van der Waals surface area contributed by atoms with Crippen molar-refractivity contribution in [2.75, 3.05) is 6.61 Å². The lowest BCUT2D eigenvalue weighted by molar-refractivity contribution is 0.316. The highest BCUT2D eigenvalue weighted by atomic mass is 79.9. The molecule has 0 atom stereocenters. The molecule has 0 aliphatic carbocycles. The fraction of sp³-hybridized carbons (Fsp3) is 0.300. The summed E-state index contributed by atoms with van der Waals surface area (Å²) in [5.74, 6) is -1.17. The standard InChI is InChI=1S/C10H10BrF2NO.ClH/c1-2-15-10(14)4-6-3-9(13)7(11)5-8(6)12;/h3,5,14H,2,4H2,1H3;1H. The Morgan fingerprint density at radius 3 is 2.56 bits per heavy atom. The smallest absolute Gasteiger partial charge is 0.184 e. The van der Waals surface area contributed by atoms with Crippen LogP contribution in [0.3, 0.4) is 0 Å². The molecule has 0 heterocycles. The van der Waals surface area contributed by atoms with Gasteiger partial charge in [0.15, 0.2) is 5.90 Å². The molecule has 0 amide bonds. The minimum Gasteiger partial charge on any atom is -0.481 e. The first-order valence-electron chi connectivity index (χ1n) is 4.38. The van der Waals surface area contributed by atoms with Gasteiger partial charge >= 0.3 is 0 Å². The molecule has 0 unspecified atom stereocenters. The Bertz CT molecular complexity index is 387. The highest BCUT2D eigenvalue weighted by Crippen LogP contribution is 2.20. The lowest BCUT2D eigenvalue weighted by atomic mass is 10.1. The van der Waals surface area contributed by atoms with Gasteiger partial charge in [-0.05, 0) is 40.5 Å². The molecule has 0 saturated heterocycles. The first kappa shape index (κ1) is 15.3. The van der Waals surface area contributed by atoms with Crippen molar-refractivity contribution in [1.82, 2.24) is 0 Å². The molecule has 0 aromatic heterocycles. The zero-order valence-corrected chi connectivity index (χ0v) is 10.9. The Hall–Kier alpha value is -0.680. The van der Waals surface area contributed by atoms with Gasteiger partial charge in [0.2, 0.25) is 0 Å². The van der Waals surface area contributed by atoms with E-state index in [1.807, 2.05) is 0 Å². The topological polar surface area (TPSA) is 33.1 Å². The summed E-state index contributed by atoms with van der Waals surface area (Å²) < 4.78 is 31.3. The molecule has 1 aromatic rings. The maximum absolute atomic E-state index is 13.3. The molecule has 0 bridgehead atoms. The molecule has 1 rings (SSSR count). The molecule has 0 fully saturated rings. The van der Waals surface area contributed by atoms with Crippen LogP contribution in [0.1, 0.15) is 12.5 Å². The molecule has 90 valence electrons. The van der Waals surface area contributed by atoms with E-state index in [0.29, 0.717) is 6.61 Å². The minimum atomic E-state index is -0.548. The molecule has 0 spiro atoms. The molecule has 1 aromatic carbocycles. The van der Waals surface area contributed by atoms with Crippen LogP contribution in [0.5, 0.6) is 0 Å². The monoisotopic (exact) mass is 313 g/mol. The predicted octanol–water partition coefficient (Wildman–Crippen LogP) is 3.71. The van der Waals surface area contributed by atoms with E-state index in [9.17, 15) is 8.78 Å². The Labute approximate surface area is 107 Å². The van der Waals surface area contributed by atoms with E-state index < -0.39 is 11.6 Å². The van der Waals surface area contributed by atoms with Crippen LogP contribution in [0, 0.1) is 17.0 Å². The highest BCUT2D eigenvalue weighted by Gasteiger charge is 2.10. The zero-order chi connectivity index (χ0) is 11.4. The Morgan fingerprint density at radius 1 is 1.38 bits per heavy atom. The largest absolute Gasteiger partial charge is 0.481 e. The summed E-state index contributed by atoms with van der Waals surface area (Å²) >= 11 is 2.88. The molecule has 0 aliphatic heterocycles. The van der Waals surface area contributed by atoms with Crippen molar-refractivity contribution in [3.63, 3.8) is 0 Å². The third kappa shape index (κ3) is 4.06. The molecule has 6 heteroatoms. The van der Waals surface area contributed by atoms with E-state index in [1.165, 1.54) is 0 Å². The summed E-state index contributed by atoms with van der Waals surface area (Å²) in [6, 6.07) is 2.11. The number of hydrogen-bond donors (Lipinski definition) is 1. The van der Waals surface area contributed by atoms with E-state index >= 15 is 0 Å². The van der Waals surface area contributed by atoms with Gasteiger partial charge < -0.3 is 4.74 Å². The van der Waals surface area contributed by atoms with Crippen molar-refractivity contribution in [1.29, 1.82) is 5.41 Å². The maximum atomic E-state index is 13.3. The molecule has 16 heavy (non-hydrogen) atoms. The Morgan fingerprint density at radius 2 is 2.00 bits per heavy atom. The summed E-state index contributed by atoms with van der Waals surface area (Å²) in [4.78, 5) is 0. The van der Waals surface area contributed by atoms with E-state index in [2.05, 4.69) is 15.9 Å². The van der Waals surface area contributed by atoms with Crippen LogP contribution in [0.25, 0.3) is 0 Å². The van der Waals surface area contributed by atoms with Crippen molar-refractivity contribution in [2.24, 2.45) is 0 Å². The van der Waals surface area contributed by atoms with Gasteiger partial charge in [0.05, 0.1) is 17.5 Å². The van der Waals surface area contributed by atoms with Gasteiger partial charge in [-0.15, -0.1) is 12.4 Å². The Balaban J connectivity index is 0.00000225. The fourth-order valence-electron chi connectivity index (χ4n) is 1.10. The normalized spacial score (nSPS) is 9.50. The predicted molar refractivity (Wildman–Crippen MR) is 64.4 cm³/mol. The van der Waals surface area contributed by atoms with Crippen LogP contribution < -0.4 is 0 Å². The van der Waals surface area contributed by atoms with Gasteiger partial charge in [0.1, 0.15) is 11.6 Å². The molecule has 0 saturated carbocycles. The summed E-state index contributed by atoms with van der Waals surface area (Å²) in [5.41, 5.74) is 0.120. The Kier molecular flexibility index (Phi) is 6.52. The fourth-order valence-corrected chi connectivity index (χ4v) is 1.41. The van der Waals surface area contributed by atoms with Gasteiger partial charge in [-0.2, -0.15) is 0 Å². The third-order valence-electron chi connectivity index (χ3n) is 1.76. The van der Waals surface area contributed by atoms with Crippen LogP contribution in [0.2, 0.25) is 0 Å². The third-order valence-corrected chi connectivity index (χ3v) is 2.37. The van der Waals surface area contributed by atoms with E-state index in [0.717, 1.165) is 12.1 Å². The minimum absolute atomic E-state index is 0. The molecule has 2 nitrogen and oxygen atoms in total. The molecule has 0 aliphatic rings. The van der Waals surface area contributed by atoms with Crippen molar-refractivity contribution < 1.29 is 13.5 Å².